The summed E-state index contributed by atoms with van der Waals surface area (Å²) in [5, 5.41) is 6.31. The number of pyridine rings is 1. The first-order chi connectivity index (χ1) is 18.7. The van der Waals surface area contributed by atoms with Gasteiger partial charge < -0.3 is 19.8 Å². The number of aromatic nitrogens is 1. The number of rotatable bonds is 8. The van der Waals surface area contributed by atoms with Crippen molar-refractivity contribution < 1.29 is 13.9 Å². The molecule has 0 bridgehead atoms. The van der Waals surface area contributed by atoms with E-state index in [0.717, 1.165) is 51.6 Å². The van der Waals surface area contributed by atoms with Crippen molar-refractivity contribution in [3.05, 3.63) is 143 Å². The Morgan fingerprint density at radius 1 is 0.895 bits per heavy atom. The maximum atomic E-state index is 12.6. The van der Waals surface area contributed by atoms with Crippen LogP contribution in [-0.2, 0) is 13.0 Å². The summed E-state index contributed by atoms with van der Waals surface area (Å²) >= 11 is 0. The predicted molar refractivity (Wildman–Crippen MR) is 147 cm³/mol. The van der Waals surface area contributed by atoms with Crippen molar-refractivity contribution in [2.75, 3.05) is 11.9 Å². The van der Waals surface area contributed by atoms with Gasteiger partial charge >= 0.3 is 0 Å². The first kappa shape index (κ1) is 23.6. The number of carbonyl (C=O) groups is 1. The molecule has 0 saturated carbocycles. The van der Waals surface area contributed by atoms with Gasteiger partial charge in [-0.25, -0.2) is 4.98 Å². The molecule has 1 aliphatic heterocycles. The Morgan fingerprint density at radius 2 is 1.66 bits per heavy atom. The van der Waals surface area contributed by atoms with Crippen molar-refractivity contribution in [3.63, 3.8) is 0 Å². The highest BCUT2D eigenvalue weighted by atomic mass is 16.5. The molecule has 2 N–H and O–H groups in total. The average molecular weight is 502 g/mol. The molecule has 5 aromatic rings. The van der Waals surface area contributed by atoms with Crippen LogP contribution in [0.5, 0.6) is 11.5 Å². The van der Waals surface area contributed by atoms with Gasteiger partial charge in [0, 0.05) is 36.3 Å². The second-order valence-corrected chi connectivity index (χ2v) is 9.37. The second kappa shape index (κ2) is 10.6. The molecule has 1 unspecified atom stereocenters. The minimum Gasteiger partial charge on any atom is -0.459 e. The van der Waals surface area contributed by atoms with Crippen LogP contribution in [0, 0.1) is 0 Å². The van der Waals surface area contributed by atoms with Gasteiger partial charge in [-0.1, -0.05) is 60.7 Å². The summed E-state index contributed by atoms with van der Waals surface area (Å²) in [5.41, 5.74) is 5.36. The molecule has 2 aromatic heterocycles. The van der Waals surface area contributed by atoms with E-state index >= 15 is 0 Å². The first-order valence-corrected chi connectivity index (χ1v) is 12.7. The minimum absolute atomic E-state index is 0.0598. The largest absolute Gasteiger partial charge is 0.459 e. The topological polar surface area (TPSA) is 76.4 Å². The maximum Gasteiger partial charge on any atom is 0.287 e. The number of ether oxygens (including phenoxy) is 1. The fourth-order valence-corrected chi connectivity index (χ4v) is 4.74. The van der Waals surface area contributed by atoms with E-state index < -0.39 is 0 Å². The third-order valence-corrected chi connectivity index (χ3v) is 6.65. The van der Waals surface area contributed by atoms with Crippen molar-refractivity contribution in [1.29, 1.82) is 0 Å². The zero-order chi connectivity index (χ0) is 25.7. The fourth-order valence-electron chi connectivity index (χ4n) is 4.74. The molecule has 1 amide bonds. The molecule has 0 radical (unpaired) electrons. The molecule has 0 spiro atoms. The molecular formula is C32H27N3O3. The van der Waals surface area contributed by atoms with Gasteiger partial charge in [0.25, 0.3) is 5.91 Å². The third kappa shape index (κ3) is 5.30. The van der Waals surface area contributed by atoms with Crippen LogP contribution < -0.4 is 15.4 Å². The number of para-hydroxylation sites is 1. The van der Waals surface area contributed by atoms with Crippen molar-refractivity contribution in [3.8, 4) is 11.5 Å². The number of amides is 1. The van der Waals surface area contributed by atoms with Gasteiger partial charge in [-0.05, 0) is 59.5 Å². The van der Waals surface area contributed by atoms with E-state index in [1.165, 1.54) is 0 Å². The summed E-state index contributed by atoms with van der Waals surface area (Å²) in [6.45, 7) is 1.16. The molecule has 188 valence electrons. The van der Waals surface area contributed by atoms with Crippen LogP contribution in [0.25, 0.3) is 0 Å². The van der Waals surface area contributed by atoms with E-state index in [-0.39, 0.29) is 11.8 Å². The van der Waals surface area contributed by atoms with Gasteiger partial charge in [-0.3, -0.25) is 4.79 Å². The molecule has 3 aromatic carbocycles. The smallest absolute Gasteiger partial charge is 0.287 e. The zero-order valence-corrected chi connectivity index (χ0v) is 20.8. The van der Waals surface area contributed by atoms with Crippen LogP contribution in [0.4, 0.5) is 5.82 Å². The highest BCUT2D eigenvalue weighted by Gasteiger charge is 2.27. The molecule has 6 nitrogen and oxygen atoms in total. The molecule has 6 heteroatoms. The Morgan fingerprint density at radius 3 is 2.50 bits per heavy atom. The maximum absolute atomic E-state index is 12.6. The molecule has 0 fully saturated rings. The third-order valence-electron chi connectivity index (χ3n) is 6.65. The number of benzene rings is 3. The lowest BCUT2D eigenvalue weighted by Gasteiger charge is -2.10. The fraction of sp³-hybridized carbons (Fsp3) is 0.125. The Kier molecular flexibility index (Phi) is 6.60. The molecule has 1 atom stereocenters. The van der Waals surface area contributed by atoms with E-state index in [2.05, 4.69) is 33.8 Å². The Labute approximate surface area is 221 Å². The van der Waals surface area contributed by atoms with Crippen molar-refractivity contribution in [2.45, 2.75) is 18.9 Å². The van der Waals surface area contributed by atoms with E-state index in [4.69, 9.17) is 9.15 Å². The molecule has 0 aliphatic carbocycles. The average Bonchev–Trinajstić information content (AvgIpc) is 3.60. The number of nitrogens with one attached hydrogen (secondary N) is 2. The Hall–Kier alpha value is -4.84. The van der Waals surface area contributed by atoms with Crippen LogP contribution in [-0.4, -0.2) is 17.4 Å². The molecular weight excluding hydrogens is 474 g/mol. The summed E-state index contributed by atoms with van der Waals surface area (Å²) in [6.07, 6.45) is 4.32. The molecule has 1 aliphatic rings. The lowest BCUT2D eigenvalue weighted by atomic mass is 9.94. The number of hydrogen-bond donors (Lipinski definition) is 2. The second-order valence-electron chi connectivity index (χ2n) is 9.37. The Balaban J connectivity index is 1.15. The number of fused-ring (bicyclic) bond motifs is 1. The number of carbonyl (C=O) groups excluding carboxylic acids is 1. The number of hydrogen-bond acceptors (Lipinski definition) is 5. The number of furan rings is 1. The highest BCUT2D eigenvalue weighted by molar-refractivity contribution is 5.91. The highest BCUT2D eigenvalue weighted by Crippen LogP contribution is 2.36. The molecule has 38 heavy (non-hydrogen) atoms. The van der Waals surface area contributed by atoms with Gasteiger partial charge in [0.1, 0.15) is 17.3 Å². The van der Waals surface area contributed by atoms with Crippen LogP contribution in [0.3, 0.4) is 0 Å². The van der Waals surface area contributed by atoms with Crippen LogP contribution in [0.15, 0.2) is 114 Å². The summed E-state index contributed by atoms with van der Waals surface area (Å²) in [6, 6.07) is 31.7. The van der Waals surface area contributed by atoms with E-state index in [1.54, 1.807) is 6.26 Å². The van der Waals surface area contributed by atoms with E-state index in [0.29, 0.717) is 18.8 Å². The summed E-state index contributed by atoms with van der Waals surface area (Å²) in [4.78, 5) is 17.3. The van der Waals surface area contributed by atoms with Gasteiger partial charge in [0.05, 0.1) is 6.26 Å². The summed E-state index contributed by atoms with van der Waals surface area (Å²) in [7, 11) is 0. The van der Waals surface area contributed by atoms with Crippen molar-refractivity contribution in [1.82, 2.24) is 10.3 Å². The SMILES string of the molecule is O=C(NCc1ccccc1)c1cc(C2CNc3ncc(Cc4cccc(Oc5ccccc5)c4)cc32)co1. The zero-order valence-electron chi connectivity index (χ0n) is 20.8. The monoisotopic (exact) mass is 501 g/mol. The quantitative estimate of drug-likeness (QED) is 0.252. The predicted octanol–water partition coefficient (Wildman–Crippen LogP) is 6.55. The van der Waals surface area contributed by atoms with Crippen LogP contribution >= 0.6 is 0 Å². The normalized spacial score (nSPS) is 13.9. The molecule has 3 heterocycles. The Bertz CT molecular complexity index is 1550. The van der Waals surface area contributed by atoms with Gasteiger partial charge in [-0.2, -0.15) is 0 Å². The van der Waals surface area contributed by atoms with Crippen LogP contribution in [0.2, 0.25) is 0 Å². The molecule has 0 saturated heterocycles. The lowest BCUT2D eigenvalue weighted by Crippen LogP contribution is -2.22. The van der Waals surface area contributed by atoms with E-state index in [9.17, 15) is 4.79 Å². The molecule has 6 rings (SSSR count). The van der Waals surface area contributed by atoms with Crippen molar-refractivity contribution >= 4 is 11.7 Å². The van der Waals surface area contributed by atoms with E-state index in [1.807, 2.05) is 85.1 Å². The minimum atomic E-state index is -0.226. The first-order valence-electron chi connectivity index (χ1n) is 12.7. The number of nitrogens with zero attached hydrogens (tertiary/aromatic N) is 1. The van der Waals surface area contributed by atoms with Gasteiger partial charge in [0.15, 0.2) is 5.76 Å². The lowest BCUT2D eigenvalue weighted by molar-refractivity contribution is 0.0923. The van der Waals surface area contributed by atoms with Gasteiger partial charge in [0.2, 0.25) is 0 Å². The summed E-state index contributed by atoms with van der Waals surface area (Å²) < 4.78 is 11.7. The van der Waals surface area contributed by atoms with Gasteiger partial charge in [-0.15, -0.1) is 0 Å². The van der Waals surface area contributed by atoms with Crippen LogP contribution in [0.1, 0.15) is 44.3 Å². The summed E-state index contributed by atoms with van der Waals surface area (Å²) in [5.74, 6) is 2.63. The standard InChI is InChI=1S/C32H27N3O3/c36-32(35-18-22-8-3-1-4-9-22)30-17-25(21-37-30)29-20-34-31-28(29)16-24(19-33-31)14-23-10-7-13-27(15-23)38-26-11-5-2-6-12-26/h1-13,15-17,19,21,29H,14,18,20H2,(H,33,34)(H,35,36). The number of anilines is 1. The van der Waals surface area contributed by atoms with Crippen molar-refractivity contribution in [2.24, 2.45) is 0 Å².